The lowest BCUT2D eigenvalue weighted by atomic mass is 10.2. The molecular formula is C15H15N3O. The van der Waals surface area contributed by atoms with E-state index in [4.69, 9.17) is 10.5 Å². The van der Waals surface area contributed by atoms with Crippen molar-refractivity contribution in [1.82, 2.24) is 9.38 Å². The maximum Gasteiger partial charge on any atom is 0.242 e. The first-order valence-corrected chi connectivity index (χ1v) is 6.18. The molecule has 0 atom stereocenters. The van der Waals surface area contributed by atoms with Crippen molar-refractivity contribution in [3.63, 3.8) is 0 Å². The number of aromatic nitrogens is 2. The van der Waals surface area contributed by atoms with Crippen molar-refractivity contribution in [3.8, 4) is 11.6 Å². The van der Waals surface area contributed by atoms with Crippen LogP contribution >= 0.6 is 0 Å². The van der Waals surface area contributed by atoms with Gasteiger partial charge in [0.05, 0.1) is 0 Å². The normalized spacial score (nSPS) is 10.8. The fourth-order valence-corrected chi connectivity index (χ4v) is 2.01. The van der Waals surface area contributed by atoms with E-state index in [1.54, 1.807) is 0 Å². The molecule has 3 rings (SSSR count). The second kappa shape index (κ2) is 4.74. The van der Waals surface area contributed by atoms with Crippen molar-refractivity contribution in [2.24, 2.45) is 5.73 Å². The van der Waals surface area contributed by atoms with E-state index in [2.05, 4.69) is 4.98 Å². The van der Waals surface area contributed by atoms with Crippen LogP contribution in [0.2, 0.25) is 0 Å². The summed E-state index contributed by atoms with van der Waals surface area (Å²) in [4.78, 5) is 4.46. The predicted octanol–water partition coefficient (Wildman–Crippen LogP) is 2.89. The van der Waals surface area contributed by atoms with Gasteiger partial charge in [0.25, 0.3) is 0 Å². The second-order valence-corrected chi connectivity index (χ2v) is 4.41. The molecule has 0 fully saturated rings. The van der Waals surface area contributed by atoms with Crippen molar-refractivity contribution >= 4 is 5.65 Å². The van der Waals surface area contributed by atoms with Gasteiger partial charge in [0.1, 0.15) is 17.1 Å². The van der Waals surface area contributed by atoms with Gasteiger partial charge in [-0.3, -0.25) is 4.40 Å². The van der Waals surface area contributed by atoms with E-state index in [0.717, 1.165) is 17.1 Å². The van der Waals surface area contributed by atoms with Gasteiger partial charge in [-0.25, -0.2) is 0 Å². The highest BCUT2D eigenvalue weighted by Crippen LogP contribution is 2.25. The van der Waals surface area contributed by atoms with Crippen LogP contribution < -0.4 is 10.5 Å². The Morgan fingerprint density at radius 3 is 2.68 bits per heavy atom. The van der Waals surface area contributed by atoms with Gasteiger partial charge >= 0.3 is 0 Å². The quantitative estimate of drug-likeness (QED) is 0.780. The minimum absolute atomic E-state index is 0.381. The molecule has 0 aliphatic heterocycles. The molecule has 4 heteroatoms. The number of aryl methyl sites for hydroxylation is 1. The molecule has 0 aliphatic rings. The molecule has 4 nitrogen and oxygen atoms in total. The summed E-state index contributed by atoms with van der Waals surface area (Å²) < 4.78 is 7.78. The average molecular weight is 253 g/mol. The number of hydrogen-bond donors (Lipinski definition) is 1. The molecule has 0 radical (unpaired) electrons. The smallest absolute Gasteiger partial charge is 0.242 e. The van der Waals surface area contributed by atoms with Crippen LogP contribution in [0.25, 0.3) is 5.65 Å². The Hall–Kier alpha value is -2.33. The van der Waals surface area contributed by atoms with Crippen LogP contribution in [-0.4, -0.2) is 9.38 Å². The van der Waals surface area contributed by atoms with Crippen LogP contribution in [0.15, 0.2) is 48.7 Å². The highest BCUT2D eigenvalue weighted by molar-refractivity contribution is 5.46. The molecule has 0 unspecified atom stereocenters. The van der Waals surface area contributed by atoms with E-state index >= 15 is 0 Å². The number of benzene rings is 1. The molecule has 2 aromatic heterocycles. The summed E-state index contributed by atoms with van der Waals surface area (Å²) in [6.07, 6.45) is 1.94. The van der Waals surface area contributed by atoms with Crippen LogP contribution in [0.4, 0.5) is 0 Å². The van der Waals surface area contributed by atoms with E-state index < -0.39 is 0 Å². The third kappa shape index (κ3) is 2.18. The van der Waals surface area contributed by atoms with Gasteiger partial charge in [0.2, 0.25) is 5.88 Å². The largest absolute Gasteiger partial charge is 0.437 e. The van der Waals surface area contributed by atoms with Crippen molar-refractivity contribution in [2.75, 3.05) is 0 Å². The fourth-order valence-electron chi connectivity index (χ4n) is 2.01. The summed E-state index contributed by atoms with van der Waals surface area (Å²) in [6, 6.07) is 13.7. The molecule has 0 amide bonds. The molecule has 2 heterocycles. The lowest BCUT2D eigenvalue weighted by molar-refractivity contribution is 0.459. The molecule has 96 valence electrons. The molecule has 19 heavy (non-hydrogen) atoms. The summed E-state index contributed by atoms with van der Waals surface area (Å²) in [5.41, 5.74) is 8.70. The molecule has 3 aromatic rings. The summed E-state index contributed by atoms with van der Waals surface area (Å²) in [6.45, 7) is 2.42. The highest BCUT2D eigenvalue weighted by atomic mass is 16.5. The van der Waals surface area contributed by atoms with Gasteiger partial charge < -0.3 is 10.5 Å². The van der Waals surface area contributed by atoms with Crippen molar-refractivity contribution < 1.29 is 4.74 Å². The Bertz CT molecular complexity index is 701. The van der Waals surface area contributed by atoms with Gasteiger partial charge in [0.15, 0.2) is 0 Å². The van der Waals surface area contributed by atoms with E-state index in [0.29, 0.717) is 12.4 Å². The van der Waals surface area contributed by atoms with E-state index in [1.165, 1.54) is 5.56 Å². The summed E-state index contributed by atoms with van der Waals surface area (Å²) in [7, 11) is 0. The standard InChI is InChI=1S/C15H15N3O/c1-11-5-7-12(8-6-11)19-15-13(10-16)18-9-3-2-4-14(18)17-15/h2-9H,10,16H2,1H3. The molecule has 0 saturated heterocycles. The van der Waals surface area contributed by atoms with Gasteiger partial charge in [0, 0.05) is 12.7 Å². The lowest BCUT2D eigenvalue weighted by Crippen LogP contribution is -2.02. The number of fused-ring (bicyclic) bond motifs is 1. The number of ether oxygens (including phenoxy) is 1. The van der Waals surface area contributed by atoms with Crippen molar-refractivity contribution in [3.05, 3.63) is 59.9 Å². The number of pyridine rings is 1. The Morgan fingerprint density at radius 1 is 1.16 bits per heavy atom. The summed E-state index contributed by atoms with van der Waals surface area (Å²) in [5, 5.41) is 0. The van der Waals surface area contributed by atoms with Gasteiger partial charge in [-0.2, -0.15) is 4.98 Å². The lowest BCUT2D eigenvalue weighted by Gasteiger charge is -2.05. The maximum atomic E-state index is 5.83. The first kappa shape index (κ1) is 11.7. The fraction of sp³-hybridized carbons (Fsp3) is 0.133. The maximum absolute atomic E-state index is 5.83. The predicted molar refractivity (Wildman–Crippen MR) is 74.3 cm³/mol. The zero-order valence-corrected chi connectivity index (χ0v) is 10.7. The Labute approximate surface area is 111 Å². The zero-order valence-electron chi connectivity index (χ0n) is 10.7. The first-order valence-electron chi connectivity index (χ1n) is 6.18. The third-order valence-corrected chi connectivity index (χ3v) is 3.02. The highest BCUT2D eigenvalue weighted by Gasteiger charge is 2.12. The van der Waals surface area contributed by atoms with E-state index in [-0.39, 0.29) is 0 Å². The zero-order chi connectivity index (χ0) is 13.2. The average Bonchev–Trinajstić information content (AvgIpc) is 2.78. The summed E-state index contributed by atoms with van der Waals surface area (Å²) >= 11 is 0. The van der Waals surface area contributed by atoms with E-state index in [1.807, 2.05) is 60.0 Å². The van der Waals surface area contributed by atoms with E-state index in [9.17, 15) is 0 Å². The Balaban J connectivity index is 2.02. The number of nitrogens with two attached hydrogens (primary N) is 1. The number of imidazole rings is 1. The van der Waals surface area contributed by atoms with Crippen LogP contribution in [0.5, 0.6) is 11.6 Å². The molecule has 0 aliphatic carbocycles. The summed E-state index contributed by atoms with van der Waals surface area (Å²) in [5.74, 6) is 1.33. The van der Waals surface area contributed by atoms with Gasteiger partial charge in [-0.05, 0) is 31.2 Å². The van der Waals surface area contributed by atoms with Gasteiger partial charge in [-0.15, -0.1) is 0 Å². The minimum atomic E-state index is 0.381. The Morgan fingerprint density at radius 2 is 1.95 bits per heavy atom. The number of hydrogen-bond acceptors (Lipinski definition) is 3. The SMILES string of the molecule is Cc1ccc(Oc2nc3ccccn3c2CN)cc1. The third-order valence-electron chi connectivity index (χ3n) is 3.02. The van der Waals surface area contributed by atoms with Gasteiger partial charge in [-0.1, -0.05) is 23.8 Å². The Kier molecular flexibility index (Phi) is 2.93. The number of nitrogens with zero attached hydrogens (tertiary/aromatic N) is 2. The second-order valence-electron chi connectivity index (χ2n) is 4.41. The topological polar surface area (TPSA) is 52.5 Å². The van der Waals surface area contributed by atoms with Crippen molar-refractivity contribution in [1.29, 1.82) is 0 Å². The molecular weight excluding hydrogens is 238 g/mol. The molecule has 1 aromatic carbocycles. The van der Waals surface area contributed by atoms with Crippen LogP contribution in [0.3, 0.4) is 0 Å². The van der Waals surface area contributed by atoms with Crippen LogP contribution in [0, 0.1) is 6.92 Å². The monoisotopic (exact) mass is 253 g/mol. The molecule has 0 spiro atoms. The molecule has 2 N–H and O–H groups in total. The van der Waals surface area contributed by atoms with Crippen LogP contribution in [-0.2, 0) is 6.54 Å². The molecule has 0 bridgehead atoms. The molecule has 0 saturated carbocycles. The van der Waals surface area contributed by atoms with Crippen LogP contribution in [0.1, 0.15) is 11.3 Å². The number of rotatable bonds is 3. The first-order chi connectivity index (χ1) is 9.28. The minimum Gasteiger partial charge on any atom is -0.437 e. The van der Waals surface area contributed by atoms with Crippen molar-refractivity contribution in [2.45, 2.75) is 13.5 Å².